The minimum Gasteiger partial charge on any atom is -0.465 e. The highest BCUT2D eigenvalue weighted by molar-refractivity contribution is 5.97. The van der Waals surface area contributed by atoms with Crippen LogP contribution >= 0.6 is 0 Å². The number of nitrogens with zero attached hydrogens (tertiary/aromatic N) is 3. The number of hydrogen-bond acceptors (Lipinski definition) is 8. The lowest BCUT2D eigenvalue weighted by atomic mass is 10.1. The van der Waals surface area contributed by atoms with Crippen molar-refractivity contribution in [3.8, 4) is 11.5 Å². The number of hydrogen-bond donors (Lipinski definition) is 2. The monoisotopic (exact) mass is 497 g/mol. The Hall–Kier alpha value is -4.14. The Labute approximate surface area is 216 Å². The van der Waals surface area contributed by atoms with E-state index in [0.717, 1.165) is 54.7 Å². The van der Waals surface area contributed by atoms with Gasteiger partial charge in [0.2, 0.25) is 0 Å². The standard InChI is InChI=1S/C29H31N5O3/c1-33-11-13-34(14-12-33)19-20-15-21(29(35)36-2)17-22(16-20)32-28-18-23(9-10-31-28)37-27-8-7-26(30)24-5-3-4-6-25(24)27/h3-10,15-18H,11-14,19,30H2,1-2H3,(H,31,32). The first-order valence-corrected chi connectivity index (χ1v) is 12.3. The van der Waals surface area contributed by atoms with Crippen LogP contribution in [-0.2, 0) is 11.3 Å². The fourth-order valence-corrected chi connectivity index (χ4v) is 4.56. The summed E-state index contributed by atoms with van der Waals surface area (Å²) in [5, 5.41) is 5.22. The predicted octanol–water partition coefficient (Wildman–Crippen LogP) is 4.89. The molecule has 0 saturated carbocycles. The summed E-state index contributed by atoms with van der Waals surface area (Å²) in [4.78, 5) is 21.6. The van der Waals surface area contributed by atoms with Crippen molar-refractivity contribution in [3.05, 3.63) is 84.1 Å². The van der Waals surface area contributed by atoms with E-state index in [1.54, 1.807) is 18.3 Å². The summed E-state index contributed by atoms with van der Waals surface area (Å²) in [7, 11) is 3.53. The van der Waals surface area contributed by atoms with Crippen LogP contribution in [-0.4, -0.2) is 61.1 Å². The van der Waals surface area contributed by atoms with Crippen molar-refractivity contribution < 1.29 is 14.3 Å². The highest BCUT2D eigenvalue weighted by Crippen LogP contribution is 2.34. The Bertz CT molecular complexity index is 1420. The number of likely N-dealkylation sites (N-methyl/N-ethyl adjacent to an activating group) is 1. The Kier molecular flexibility index (Phi) is 7.20. The Morgan fingerprint density at radius 3 is 2.57 bits per heavy atom. The Morgan fingerprint density at radius 2 is 1.78 bits per heavy atom. The molecule has 1 aliphatic heterocycles. The summed E-state index contributed by atoms with van der Waals surface area (Å²) in [6, 6.07) is 21.0. The molecule has 4 aromatic rings. The number of benzene rings is 3. The molecule has 0 atom stereocenters. The number of rotatable bonds is 7. The van der Waals surface area contributed by atoms with Gasteiger partial charge in [-0.2, -0.15) is 0 Å². The van der Waals surface area contributed by atoms with Crippen LogP contribution in [0.15, 0.2) is 72.9 Å². The highest BCUT2D eigenvalue weighted by atomic mass is 16.5. The van der Waals surface area contributed by atoms with E-state index >= 15 is 0 Å². The SMILES string of the molecule is COC(=O)c1cc(CN2CCN(C)CC2)cc(Nc2cc(Oc3ccc(N)c4ccccc34)ccn2)c1. The molecule has 3 aromatic carbocycles. The van der Waals surface area contributed by atoms with Gasteiger partial charge in [0.1, 0.15) is 17.3 Å². The van der Waals surface area contributed by atoms with Crippen molar-refractivity contribution in [3.63, 3.8) is 0 Å². The largest absolute Gasteiger partial charge is 0.465 e. The van der Waals surface area contributed by atoms with Crippen LogP contribution in [0.5, 0.6) is 11.5 Å². The maximum Gasteiger partial charge on any atom is 0.337 e. The molecule has 0 spiro atoms. The van der Waals surface area contributed by atoms with Gasteiger partial charge in [0.05, 0.1) is 12.7 Å². The van der Waals surface area contributed by atoms with Crippen LogP contribution in [0, 0.1) is 0 Å². The molecule has 5 rings (SSSR count). The smallest absolute Gasteiger partial charge is 0.337 e. The number of pyridine rings is 1. The summed E-state index contributed by atoms with van der Waals surface area (Å²) < 4.78 is 11.2. The number of nitrogens with two attached hydrogens (primary N) is 1. The zero-order valence-electron chi connectivity index (χ0n) is 21.1. The molecule has 8 heteroatoms. The third-order valence-corrected chi connectivity index (χ3v) is 6.57. The number of methoxy groups -OCH3 is 1. The van der Waals surface area contributed by atoms with E-state index in [1.165, 1.54) is 7.11 Å². The highest BCUT2D eigenvalue weighted by Gasteiger charge is 2.16. The number of esters is 1. The van der Waals surface area contributed by atoms with Gasteiger partial charge in [-0.25, -0.2) is 9.78 Å². The number of ether oxygens (including phenoxy) is 2. The van der Waals surface area contributed by atoms with Crippen molar-refractivity contribution in [2.75, 3.05) is 51.4 Å². The van der Waals surface area contributed by atoms with Crippen molar-refractivity contribution in [1.82, 2.24) is 14.8 Å². The van der Waals surface area contributed by atoms with E-state index in [-0.39, 0.29) is 5.97 Å². The summed E-state index contributed by atoms with van der Waals surface area (Å²) >= 11 is 0. The Morgan fingerprint density at radius 1 is 1.00 bits per heavy atom. The van der Waals surface area contributed by atoms with E-state index in [4.69, 9.17) is 15.2 Å². The molecule has 37 heavy (non-hydrogen) atoms. The van der Waals surface area contributed by atoms with Gasteiger partial charge in [0.25, 0.3) is 0 Å². The van der Waals surface area contributed by atoms with Crippen LogP contribution in [0.3, 0.4) is 0 Å². The van der Waals surface area contributed by atoms with Gasteiger partial charge in [0, 0.05) is 67.1 Å². The number of nitrogens with one attached hydrogen (secondary N) is 1. The average Bonchev–Trinajstić information content (AvgIpc) is 2.91. The van der Waals surface area contributed by atoms with Gasteiger partial charge < -0.3 is 25.4 Å². The van der Waals surface area contributed by atoms with Gasteiger partial charge in [0.15, 0.2) is 0 Å². The third-order valence-electron chi connectivity index (χ3n) is 6.57. The third kappa shape index (κ3) is 5.82. The van der Waals surface area contributed by atoms with Crippen LogP contribution in [0.2, 0.25) is 0 Å². The van der Waals surface area contributed by atoms with E-state index in [0.29, 0.717) is 28.6 Å². The molecule has 1 fully saturated rings. The zero-order valence-corrected chi connectivity index (χ0v) is 21.1. The van der Waals surface area contributed by atoms with Crippen LogP contribution < -0.4 is 15.8 Å². The van der Waals surface area contributed by atoms with E-state index in [2.05, 4.69) is 27.1 Å². The predicted molar refractivity (Wildman–Crippen MR) is 147 cm³/mol. The van der Waals surface area contributed by atoms with Gasteiger partial charge >= 0.3 is 5.97 Å². The first kappa shape index (κ1) is 24.5. The molecule has 1 aliphatic rings. The number of nitrogen functional groups attached to an aromatic ring is 1. The number of piperazine rings is 1. The minimum atomic E-state index is -0.372. The summed E-state index contributed by atoms with van der Waals surface area (Å²) in [5.74, 6) is 1.58. The lowest BCUT2D eigenvalue weighted by Gasteiger charge is -2.32. The molecule has 0 radical (unpaired) electrons. The molecule has 190 valence electrons. The molecule has 1 saturated heterocycles. The molecule has 3 N–H and O–H groups in total. The van der Waals surface area contributed by atoms with E-state index in [9.17, 15) is 4.79 Å². The van der Waals surface area contributed by atoms with Crippen LogP contribution in [0.1, 0.15) is 15.9 Å². The first-order valence-electron chi connectivity index (χ1n) is 12.3. The van der Waals surface area contributed by atoms with Gasteiger partial charge in [-0.15, -0.1) is 0 Å². The fourth-order valence-electron chi connectivity index (χ4n) is 4.56. The molecule has 0 bridgehead atoms. The van der Waals surface area contributed by atoms with Crippen LogP contribution in [0.25, 0.3) is 10.8 Å². The number of anilines is 3. The molecule has 1 aromatic heterocycles. The van der Waals surface area contributed by atoms with Crippen molar-refractivity contribution in [2.45, 2.75) is 6.54 Å². The van der Waals surface area contributed by atoms with E-state index in [1.807, 2.05) is 54.6 Å². The molecule has 0 aliphatic carbocycles. The Balaban J connectivity index is 1.38. The lowest BCUT2D eigenvalue weighted by molar-refractivity contribution is 0.0600. The topological polar surface area (TPSA) is 93.0 Å². The maximum absolute atomic E-state index is 12.4. The molecule has 2 heterocycles. The number of aromatic nitrogens is 1. The van der Waals surface area contributed by atoms with Gasteiger partial charge in [-0.05, 0) is 49.0 Å². The normalized spacial score (nSPS) is 14.4. The molecule has 0 amide bonds. The molecule has 8 nitrogen and oxygen atoms in total. The minimum absolute atomic E-state index is 0.372. The number of carbonyl (C=O) groups is 1. The maximum atomic E-state index is 12.4. The molecule has 0 unspecified atom stereocenters. The summed E-state index contributed by atoms with van der Waals surface area (Å²) in [5.41, 5.74) is 9.14. The molecular formula is C29H31N5O3. The molecular weight excluding hydrogens is 466 g/mol. The lowest BCUT2D eigenvalue weighted by Crippen LogP contribution is -2.43. The van der Waals surface area contributed by atoms with Crippen molar-refractivity contribution in [1.29, 1.82) is 0 Å². The van der Waals surface area contributed by atoms with Gasteiger partial charge in [-0.1, -0.05) is 24.3 Å². The number of carbonyl (C=O) groups excluding carboxylic acids is 1. The second-order valence-electron chi connectivity index (χ2n) is 9.29. The first-order chi connectivity index (χ1) is 18.0. The van der Waals surface area contributed by atoms with Gasteiger partial charge in [-0.3, -0.25) is 4.90 Å². The van der Waals surface area contributed by atoms with Crippen molar-refractivity contribution in [2.24, 2.45) is 0 Å². The van der Waals surface area contributed by atoms with E-state index < -0.39 is 0 Å². The average molecular weight is 498 g/mol. The summed E-state index contributed by atoms with van der Waals surface area (Å²) in [6.45, 7) is 4.79. The number of fused-ring (bicyclic) bond motifs is 1. The quantitative estimate of drug-likeness (QED) is 0.276. The zero-order chi connectivity index (χ0) is 25.8. The van der Waals surface area contributed by atoms with Crippen molar-refractivity contribution >= 4 is 33.9 Å². The second-order valence-corrected chi connectivity index (χ2v) is 9.29. The summed E-state index contributed by atoms with van der Waals surface area (Å²) in [6.07, 6.45) is 1.69. The fraction of sp³-hybridized carbons (Fsp3) is 0.241. The van der Waals surface area contributed by atoms with Crippen LogP contribution in [0.4, 0.5) is 17.2 Å². The second kappa shape index (κ2) is 10.9.